The van der Waals surface area contributed by atoms with E-state index >= 15 is 0 Å². The van der Waals surface area contributed by atoms with Crippen molar-refractivity contribution >= 4 is 23.2 Å². The zero-order valence-electron chi connectivity index (χ0n) is 6.56. The van der Waals surface area contributed by atoms with Gasteiger partial charge in [0.05, 0.1) is 15.6 Å². The quantitative estimate of drug-likeness (QED) is 0.681. The summed E-state index contributed by atoms with van der Waals surface area (Å²) in [5.41, 5.74) is 1.40. The lowest BCUT2D eigenvalue weighted by atomic mass is 10.1. The summed E-state index contributed by atoms with van der Waals surface area (Å²) in [5, 5.41) is 9.47. The highest BCUT2D eigenvalue weighted by Gasteiger charge is 2.07. The summed E-state index contributed by atoms with van der Waals surface area (Å²) in [6.45, 7) is 1.99. The molecule has 12 heavy (non-hydrogen) atoms. The predicted octanol–water partition coefficient (Wildman–Crippen LogP) is 3.43. The Bertz CT molecular complexity index is 339. The Morgan fingerprint density at radius 2 is 2.00 bits per heavy atom. The summed E-state index contributed by atoms with van der Waals surface area (Å²) in [6.07, 6.45) is 0.824. The second kappa shape index (κ2) is 3.80. The molecule has 0 amide bonds. The Balaban J connectivity index is 3.32. The maximum absolute atomic E-state index is 8.61. The van der Waals surface area contributed by atoms with Crippen molar-refractivity contribution in [1.29, 1.82) is 5.26 Å². The van der Waals surface area contributed by atoms with E-state index in [1.807, 2.05) is 19.1 Å². The van der Waals surface area contributed by atoms with E-state index in [0.29, 0.717) is 15.6 Å². The van der Waals surface area contributed by atoms with E-state index in [9.17, 15) is 0 Å². The Hall–Kier alpha value is -0.710. The van der Waals surface area contributed by atoms with Gasteiger partial charge < -0.3 is 0 Å². The molecule has 0 bridgehead atoms. The molecule has 0 saturated heterocycles. The van der Waals surface area contributed by atoms with Gasteiger partial charge in [-0.05, 0) is 18.1 Å². The summed E-state index contributed by atoms with van der Waals surface area (Å²) in [6, 6.07) is 5.48. The fraction of sp³-hybridized carbons (Fsp3) is 0.222. The third kappa shape index (κ3) is 1.55. The normalized spacial score (nSPS) is 9.50. The molecule has 0 aliphatic heterocycles. The van der Waals surface area contributed by atoms with Gasteiger partial charge in [0, 0.05) is 0 Å². The number of benzene rings is 1. The lowest BCUT2D eigenvalue weighted by molar-refractivity contribution is 1.14. The first-order chi connectivity index (χ1) is 5.70. The monoisotopic (exact) mass is 199 g/mol. The fourth-order valence-electron chi connectivity index (χ4n) is 0.949. The van der Waals surface area contributed by atoms with Gasteiger partial charge in [0.25, 0.3) is 0 Å². The van der Waals surface area contributed by atoms with Gasteiger partial charge in [-0.1, -0.05) is 36.2 Å². The number of aryl methyl sites for hydroxylation is 1. The zero-order valence-corrected chi connectivity index (χ0v) is 8.08. The number of halogens is 2. The summed E-state index contributed by atoms with van der Waals surface area (Å²) >= 11 is 11.7. The first-order valence-corrected chi connectivity index (χ1v) is 4.33. The summed E-state index contributed by atoms with van der Waals surface area (Å²) in [5.74, 6) is 0. The number of hydrogen-bond acceptors (Lipinski definition) is 1. The maximum atomic E-state index is 8.61. The second-order valence-electron chi connectivity index (χ2n) is 2.37. The SMILES string of the molecule is CCc1ccc(C#N)c(Cl)c1Cl. The highest BCUT2D eigenvalue weighted by atomic mass is 35.5. The molecule has 0 fully saturated rings. The molecule has 1 aromatic carbocycles. The average Bonchev–Trinajstić information content (AvgIpc) is 2.10. The fourth-order valence-corrected chi connectivity index (χ4v) is 1.47. The molecule has 0 atom stereocenters. The molecular formula is C9H7Cl2N. The Morgan fingerprint density at radius 1 is 1.33 bits per heavy atom. The molecular weight excluding hydrogens is 193 g/mol. The Labute approximate surface area is 81.5 Å². The van der Waals surface area contributed by atoms with Crippen LogP contribution in [0.2, 0.25) is 10.0 Å². The highest BCUT2D eigenvalue weighted by Crippen LogP contribution is 2.29. The number of hydrogen-bond donors (Lipinski definition) is 0. The number of rotatable bonds is 1. The largest absolute Gasteiger partial charge is 0.192 e. The topological polar surface area (TPSA) is 23.8 Å². The van der Waals surface area contributed by atoms with Crippen LogP contribution in [0.25, 0.3) is 0 Å². The minimum absolute atomic E-state index is 0.360. The van der Waals surface area contributed by atoms with E-state index in [0.717, 1.165) is 12.0 Å². The molecule has 0 aliphatic rings. The van der Waals surface area contributed by atoms with Gasteiger partial charge in [0.15, 0.2) is 0 Å². The van der Waals surface area contributed by atoms with Crippen LogP contribution in [0.4, 0.5) is 0 Å². The molecule has 3 heteroatoms. The van der Waals surface area contributed by atoms with E-state index in [-0.39, 0.29) is 0 Å². The van der Waals surface area contributed by atoms with Crippen molar-refractivity contribution in [3.8, 4) is 6.07 Å². The second-order valence-corrected chi connectivity index (χ2v) is 3.12. The average molecular weight is 200 g/mol. The van der Waals surface area contributed by atoms with Crippen molar-refractivity contribution in [3.05, 3.63) is 33.3 Å². The Morgan fingerprint density at radius 3 is 2.50 bits per heavy atom. The van der Waals surface area contributed by atoms with Crippen LogP contribution >= 0.6 is 23.2 Å². The molecule has 0 unspecified atom stereocenters. The van der Waals surface area contributed by atoms with Crippen molar-refractivity contribution in [2.24, 2.45) is 0 Å². The molecule has 0 saturated carbocycles. The molecule has 0 spiro atoms. The Kier molecular flexibility index (Phi) is 2.97. The van der Waals surface area contributed by atoms with E-state index in [1.165, 1.54) is 0 Å². The van der Waals surface area contributed by atoms with Gasteiger partial charge in [0.1, 0.15) is 6.07 Å². The van der Waals surface area contributed by atoms with Crippen molar-refractivity contribution in [2.75, 3.05) is 0 Å². The number of nitriles is 1. The minimum atomic E-state index is 0.360. The van der Waals surface area contributed by atoms with Crippen LogP contribution in [0.15, 0.2) is 12.1 Å². The van der Waals surface area contributed by atoms with E-state index in [1.54, 1.807) is 6.07 Å². The molecule has 0 N–H and O–H groups in total. The van der Waals surface area contributed by atoms with Crippen LogP contribution in [0.1, 0.15) is 18.1 Å². The zero-order chi connectivity index (χ0) is 9.14. The first-order valence-electron chi connectivity index (χ1n) is 3.57. The van der Waals surface area contributed by atoms with Crippen molar-refractivity contribution in [1.82, 2.24) is 0 Å². The minimum Gasteiger partial charge on any atom is -0.192 e. The lowest BCUT2D eigenvalue weighted by Gasteiger charge is -2.03. The van der Waals surface area contributed by atoms with Crippen LogP contribution < -0.4 is 0 Å². The van der Waals surface area contributed by atoms with Crippen LogP contribution in [0.3, 0.4) is 0 Å². The van der Waals surface area contributed by atoms with Gasteiger partial charge in [-0.15, -0.1) is 0 Å². The molecule has 62 valence electrons. The lowest BCUT2D eigenvalue weighted by Crippen LogP contribution is -1.86. The number of nitrogens with zero attached hydrogens (tertiary/aromatic N) is 1. The van der Waals surface area contributed by atoms with Gasteiger partial charge in [-0.25, -0.2) is 0 Å². The molecule has 1 rings (SSSR count). The summed E-state index contributed by atoms with van der Waals surface area (Å²) < 4.78 is 0. The van der Waals surface area contributed by atoms with E-state index < -0.39 is 0 Å². The first kappa shape index (κ1) is 9.38. The summed E-state index contributed by atoms with van der Waals surface area (Å²) in [7, 11) is 0. The third-order valence-corrected chi connectivity index (χ3v) is 2.58. The van der Waals surface area contributed by atoms with Gasteiger partial charge in [-0.3, -0.25) is 0 Å². The molecule has 0 radical (unpaired) electrons. The molecule has 0 aliphatic carbocycles. The van der Waals surface area contributed by atoms with Gasteiger partial charge in [0.2, 0.25) is 0 Å². The third-order valence-electron chi connectivity index (χ3n) is 1.66. The van der Waals surface area contributed by atoms with E-state index in [4.69, 9.17) is 28.5 Å². The van der Waals surface area contributed by atoms with Crippen LogP contribution in [0, 0.1) is 11.3 Å². The highest BCUT2D eigenvalue weighted by molar-refractivity contribution is 6.43. The van der Waals surface area contributed by atoms with Crippen molar-refractivity contribution < 1.29 is 0 Å². The van der Waals surface area contributed by atoms with E-state index in [2.05, 4.69) is 0 Å². The van der Waals surface area contributed by atoms with Crippen LogP contribution in [-0.2, 0) is 6.42 Å². The smallest absolute Gasteiger partial charge is 0.101 e. The molecule has 1 aromatic rings. The van der Waals surface area contributed by atoms with Crippen molar-refractivity contribution in [2.45, 2.75) is 13.3 Å². The van der Waals surface area contributed by atoms with Crippen LogP contribution in [-0.4, -0.2) is 0 Å². The van der Waals surface area contributed by atoms with Crippen LogP contribution in [0.5, 0.6) is 0 Å². The molecule has 0 heterocycles. The molecule has 0 aromatic heterocycles. The van der Waals surface area contributed by atoms with Crippen molar-refractivity contribution in [3.63, 3.8) is 0 Å². The predicted molar refractivity (Wildman–Crippen MR) is 50.6 cm³/mol. The standard InChI is InChI=1S/C9H7Cl2N/c1-2-6-3-4-7(5-12)9(11)8(6)10/h3-4H,2H2,1H3. The van der Waals surface area contributed by atoms with Gasteiger partial charge in [-0.2, -0.15) is 5.26 Å². The van der Waals surface area contributed by atoms with Gasteiger partial charge >= 0.3 is 0 Å². The molecule has 1 nitrogen and oxygen atoms in total. The maximum Gasteiger partial charge on any atom is 0.101 e. The summed E-state index contributed by atoms with van der Waals surface area (Å²) in [4.78, 5) is 0.